The molecule has 0 radical (unpaired) electrons. The summed E-state index contributed by atoms with van der Waals surface area (Å²) in [5.41, 5.74) is 1.00. The first kappa shape index (κ1) is 23.1. The van der Waals surface area contributed by atoms with E-state index in [1.807, 2.05) is 18.2 Å². The number of piperazine rings is 1. The van der Waals surface area contributed by atoms with Crippen LogP contribution in [0.1, 0.15) is 43.6 Å². The van der Waals surface area contributed by atoms with Crippen molar-refractivity contribution < 1.29 is 8.94 Å². The number of nitrogens with one attached hydrogen (secondary N) is 1. The summed E-state index contributed by atoms with van der Waals surface area (Å²) < 4.78 is 10.4. The lowest BCUT2D eigenvalue weighted by Gasteiger charge is -2.36. The Hall–Kier alpha value is -1.55. The second-order valence-electron chi connectivity index (χ2n) is 8.18. The van der Waals surface area contributed by atoms with Gasteiger partial charge >= 0.3 is 0 Å². The van der Waals surface area contributed by atoms with Crippen molar-refractivity contribution in [3.05, 3.63) is 42.2 Å². The fraction of sp³-hybridized carbons (Fsp3) is 0.636. The molecule has 3 heterocycles. The van der Waals surface area contributed by atoms with E-state index in [2.05, 4.69) is 20.3 Å². The van der Waals surface area contributed by atoms with E-state index >= 15 is 0 Å². The van der Waals surface area contributed by atoms with Crippen molar-refractivity contribution in [2.75, 3.05) is 39.3 Å². The van der Waals surface area contributed by atoms with Crippen LogP contribution in [0.3, 0.4) is 0 Å². The third-order valence-corrected chi connectivity index (χ3v) is 6.01. The van der Waals surface area contributed by atoms with Crippen LogP contribution in [0.4, 0.5) is 0 Å². The van der Waals surface area contributed by atoms with Crippen molar-refractivity contribution in [3.63, 3.8) is 0 Å². The van der Waals surface area contributed by atoms with Gasteiger partial charge in [0.25, 0.3) is 0 Å². The lowest BCUT2D eigenvalue weighted by atomic mass is 9.89. The SMILES string of the molecule is I.c1coc(CCNC(=NCC2CCCCC2)N2CCN(Cc3ccon3)CC2)c1. The highest BCUT2D eigenvalue weighted by atomic mass is 127. The van der Waals surface area contributed by atoms with Crippen molar-refractivity contribution in [1.29, 1.82) is 0 Å². The third-order valence-electron chi connectivity index (χ3n) is 6.01. The van der Waals surface area contributed by atoms with E-state index in [1.165, 1.54) is 32.1 Å². The molecule has 1 aliphatic carbocycles. The van der Waals surface area contributed by atoms with Gasteiger partial charge in [0, 0.05) is 58.3 Å². The molecular formula is C22H34IN5O2. The second kappa shape index (κ2) is 12.3. The maximum absolute atomic E-state index is 5.47. The van der Waals surface area contributed by atoms with Crippen LogP contribution in [-0.2, 0) is 13.0 Å². The van der Waals surface area contributed by atoms with Gasteiger partial charge in [0.1, 0.15) is 12.0 Å². The number of halogens is 1. The van der Waals surface area contributed by atoms with Crippen molar-refractivity contribution in [1.82, 2.24) is 20.3 Å². The van der Waals surface area contributed by atoms with Crippen LogP contribution in [0, 0.1) is 5.92 Å². The highest BCUT2D eigenvalue weighted by Crippen LogP contribution is 2.23. The lowest BCUT2D eigenvalue weighted by molar-refractivity contribution is 0.168. The third kappa shape index (κ3) is 7.01. The molecule has 0 spiro atoms. The summed E-state index contributed by atoms with van der Waals surface area (Å²) in [6.45, 7) is 6.62. The minimum atomic E-state index is 0. The normalized spacial score (nSPS) is 18.9. The van der Waals surface area contributed by atoms with Gasteiger partial charge in [-0.3, -0.25) is 9.89 Å². The standard InChI is InChI=1S/C22H33N5O2.HI/c1-2-5-19(6-3-1)17-24-22(23-10-8-21-7-4-15-28-21)27-13-11-26(12-14-27)18-20-9-16-29-25-20;/h4,7,9,15-16,19H,1-3,5-6,8,10-14,17-18H2,(H,23,24);1H. The van der Waals surface area contributed by atoms with Crippen LogP contribution < -0.4 is 5.32 Å². The maximum Gasteiger partial charge on any atom is 0.194 e. The van der Waals surface area contributed by atoms with Crippen LogP contribution in [0.15, 0.2) is 44.7 Å². The molecule has 1 saturated carbocycles. The molecule has 1 saturated heterocycles. The zero-order valence-corrected chi connectivity index (χ0v) is 20.0. The van der Waals surface area contributed by atoms with E-state index in [-0.39, 0.29) is 24.0 Å². The molecule has 2 aromatic rings. The van der Waals surface area contributed by atoms with Crippen molar-refractivity contribution in [2.45, 2.75) is 45.1 Å². The molecule has 1 N–H and O–H groups in total. The van der Waals surface area contributed by atoms with Crippen LogP contribution in [0.25, 0.3) is 0 Å². The fourth-order valence-electron chi connectivity index (χ4n) is 4.27. The number of aromatic nitrogens is 1. The Labute approximate surface area is 196 Å². The summed E-state index contributed by atoms with van der Waals surface area (Å²) >= 11 is 0. The second-order valence-corrected chi connectivity index (χ2v) is 8.18. The smallest absolute Gasteiger partial charge is 0.194 e. The van der Waals surface area contributed by atoms with Gasteiger partial charge in [0.2, 0.25) is 0 Å². The Morgan fingerprint density at radius 1 is 1.10 bits per heavy atom. The van der Waals surface area contributed by atoms with Crippen molar-refractivity contribution in [2.24, 2.45) is 10.9 Å². The molecule has 2 aromatic heterocycles. The molecule has 2 fully saturated rings. The Bertz CT molecular complexity index is 721. The topological polar surface area (TPSA) is 70.0 Å². The Kier molecular flexibility index (Phi) is 9.51. The average Bonchev–Trinajstić information content (AvgIpc) is 3.46. The molecule has 4 rings (SSSR count). The number of furan rings is 1. The van der Waals surface area contributed by atoms with E-state index in [0.29, 0.717) is 0 Å². The van der Waals surface area contributed by atoms with Gasteiger partial charge in [-0.25, -0.2) is 0 Å². The molecular weight excluding hydrogens is 493 g/mol. The highest BCUT2D eigenvalue weighted by Gasteiger charge is 2.21. The molecule has 7 nitrogen and oxygen atoms in total. The number of aliphatic imine (C=N–C) groups is 1. The van der Waals surface area contributed by atoms with Gasteiger partial charge < -0.3 is 19.2 Å². The molecule has 2 aliphatic rings. The first-order valence-corrected chi connectivity index (χ1v) is 11.0. The van der Waals surface area contributed by atoms with Crippen LogP contribution >= 0.6 is 24.0 Å². The highest BCUT2D eigenvalue weighted by molar-refractivity contribution is 14.0. The fourth-order valence-corrected chi connectivity index (χ4v) is 4.27. The van der Waals surface area contributed by atoms with Gasteiger partial charge in [0.15, 0.2) is 5.96 Å². The molecule has 166 valence electrons. The summed E-state index contributed by atoms with van der Waals surface area (Å²) in [5, 5.41) is 7.63. The van der Waals surface area contributed by atoms with Crippen LogP contribution in [0.5, 0.6) is 0 Å². The molecule has 0 atom stereocenters. The van der Waals surface area contributed by atoms with Crippen LogP contribution in [0.2, 0.25) is 0 Å². The van der Waals surface area contributed by atoms with Crippen molar-refractivity contribution >= 4 is 29.9 Å². The Morgan fingerprint density at radius 2 is 1.93 bits per heavy atom. The van der Waals surface area contributed by atoms with Crippen LogP contribution in [-0.4, -0.2) is 60.2 Å². The summed E-state index contributed by atoms with van der Waals surface area (Å²) in [5.74, 6) is 2.82. The number of guanidine groups is 1. The quantitative estimate of drug-likeness (QED) is 0.336. The van der Waals surface area contributed by atoms with Gasteiger partial charge in [-0.05, 0) is 30.9 Å². The zero-order chi connectivity index (χ0) is 19.7. The van der Waals surface area contributed by atoms with E-state index < -0.39 is 0 Å². The van der Waals surface area contributed by atoms with E-state index in [1.54, 1.807) is 12.5 Å². The average molecular weight is 527 g/mol. The summed E-state index contributed by atoms with van der Waals surface area (Å²) in [4.78, 5) is 9.88. The minimum Gasteiger partial charge on any atom is -0.469 e. The van der Waals surface area contributed by atoms with Gasteiger partial charge in [-0.1, -0.05) is 24.4 Å². The monoisotopic (exact) mass is 527 g/mol. The first-order valence-electron chi connectivity index (χ1n) is 11.0. The molecule has 8 heteroatoms. The number of nitrogens with zero attached hydrogens (tertiary/aromatic N) is 4. The largest absolute Gasteiger partial charge is 0.469 e. The molecule has 0 unspecified atom stereocenters. The Balaban J connectivity index is 0.00000256. The predicted octanol–water partition coefficient (Wildman–Crippen LogP) is 3.77. The molecule has 0 bridgehead atoms. The Morgan fingerprint density at radius 3 is 2.63 bits per heavy atom. The number of hydrogen-bond acceptors (Lipinski definition) is 5. The van der Waals surface area contributed by atoms with Gasteiger partial charge in [-0.2, -0.15) is 0 Å². The maximum atomic E-state index is 5.47. The number of rotatable bonds is 7. The first-order chi connectivity index (χ1) is 14.4. The molecule has 0 amide bonds. The van der Waals surface area contributed by atoms with Gasteiger partial charge in [0.05, 0.1) is 12.0 Å². The molecule has 0 aromatic carbocycles. The van der Waals surface area contributed by atoms with Gasteiger partial charge in [-0.15, -0.1) is 24.0 Å². The van der Waals surface area contributed by atoms with Crippen molar-refractivity contribution in [3.8, 4) is 0 Å². The van der Waals surface area contributed by atoms with E-state index in [0.717, 1.165) is 75.6 Å². The minimum absolute atomic E-state index is 0. The summed E-state index contributed by atoms with van der Waals surface area (Å²) in [6.07, 6.45) is 11.0. The summed E-state index contributed by atoms with van der Waals surface area (Å²) in [7, 11) is 0. The van der Waals surface area contributed by atoms with E-state index in [9.17, 15) is 0 Å². The number of hydrogen-bond donors (Lipinski definition) is 1. The molecule has 30 heavy (non-hydrogen) atoms. The lowest BCUT2D eigenvalue weighted by Crippen LogP contribution is -2.52. The molecule has 1 aliphatic heterocycles. The van der Waals surface area contributed by atoms with E-state index in [4.69, 9.17) is 13.9 Å². The summed E-state index contributed by atoms with van der Waals surface area (Å²) in [6, 6.07) is 5.92. The predicted molar refractivity (Wildman–Crippen MR) is 128 cm³/mol. The zero-order valence-electron chi connectivity index (χ0n) is 17.7.